The molecule has 1 aromatic carbocycles. The van der Waals surface area contributed by atoms with E-state index in [9.17, 15) is 14.7 Å². The van der Waals surface area contributed by atoms with Gasteiger partial charge in [-0.1, -0.05) is 22.0 Å². The molecule has 0 bridgehead atoms. The quantitative estimate of drug-likeness (QED) is 0.508. The van der Waals surface area contributed by atoms with Crippen molar-refractivity contribution in [2.45, 2.75) is 12.5 Å². The zero-order valence-electron chi connectivity index (χ0n) is 17.2. The summed E-state index contributed by atoms with van der Waals surface area (Å²) in [5.41, 5.74) is 1.23. The number of hydrogen-bond acceptors (Lipinski definition) is 6. The molecule has 1 N–H and O–H groups in total. The average molecular weight is 484 g/mol. The lowest BCUT2D eigenvalue weighted by Gasteiger charge is -2.26. The first-order chi connectivity index (χ1) is 14.9. The minimum Gasteiger partial charge on any atom is -0.503 e. The molecule has 2 aromatic heterocycles. The van der Waals surface area contributed by atoms with Gasteiger partial charge >= 0.3 is 0 Å². The highest BCUT2D eigenvalue weighted by atomic mass is 79.9. The molecule has 4 rings (SSSR count). The Bertz CT molecular complexity index is 1170. The van der Waals surface area contributed by atoms with Gasteiger partial charge in [0.05, 0.1) is 11.6 Å². The van der Waals surface area contributed by atoms with Gasteiger partial charge < -0.3 is 19.3 Å². The molecular formula is C23H22BrN3O4. The lowest BCUT2D eigenvalue weighted by atomic mass is 9.96. The van der Waals surface area contributed by atoms with E-state index in [1.165, 1.54) is 4.90 Å². The van der Waals surface area contributed by atoms with E-state index in [-0.39, 0.29) is 11.3 Å². The van der Waals surface area contributed by atoms with Crippen molar-refractivity contribution >= 4 is 38.6 Å². The number of carbonyl (C=O) groups is 2. The third kappa shape index (κ3) is 4.13. The van der Waals surface area contributed by atoms with E-state index in [0.717, 1.165) is 16.4 Å². The van der Waals surface area contributed by atoms with Gasteiger partial charge in [-0.15, -0.1) is 0 Å². The smallest absolute Gasteiger partial charge is 0.290 e. The summed E-state index contributed by atoms with van der Waals surface area (Å²) in [7, 11) is 3.91. The first kappa shape index (κ1) is 21.3. The zero-order chi connectivity index (χ0) is 22.1. The van der Waals surface area contributed by atoms with Crippen molar-refractivity contribution in [1.82, 2.24) is 14.8 Å². The Hall–Kier alpha value is -2.97. The number of aromatic nitrogens is 1. The van der Waals surface area contributed by atoms with Crippen LogP contribution in [0, 0.1) is 0 Å². The Balaban J connectivity index is 1.73. The van der Waals surface area contributed by atoms with Crippen molar-refractivity contribution in [2.75, 3.05) is 27.2 Å². The first-order valence-electron chi connectivity index (χ1n) is 9.89. The van der Waals surface area contributed by atoms with Gasteiger partial charge in [0.15, 0.2) is 11.5 Å². The Morgan fingerprint density at radius 3 is 2.81 bits per heavy atom. The Morgan fingerprint density at radius 2 is 2.10 bits per heavy atom. The molecule has 1 atom stereocenters. The SMILES string of the molecule is CN(C)CCCN1C(=O)C(O)=C(C(=O)c2cc3cc(Br)ccc3o2)C1c1cccnc1. The molecule has 1 aliphatic heterocycles. The van der Waals surface area contributed by atoms with Crippen molar-refractivity contribution < 1.29 is 19.1 Å². The number of aliphatic hydroxyl groups excluding tert-OH is 1. The summed E-state index contributed by atoms with van der Waals surface area (Å²) < 4.78 is 6.60. The minimum atomic E-state index is -0.726. The van der Waals surface area contributed by atoms with Gasteiger partial charge in [-0.25, -0.2) is 0 Å². The molecule has 31 heavy (non-hydrogen) atoms. The lowest BCUT2D eigenvalue weighted by Crippen LogP contribution is -2.33. The van der Waals surface area contributed by atoms with E-state index in [1.54, 1.807) is 36.7 Å². The fourth-order valence-corrected chi connectivity index (χ4v) is 4.20. The number of carbonyl (C=O) groups excluding carboxylic acids is 2. The molecule has 1 amide bonds. The number of benzene rings is 1. The molecule has 0 fully saturated rings. The molecule has 0 radical (unpaired) electrons. The number of fused-ring (bicyclic) bond motifs is 1. The summed E-state index contributed by atoms with van der Waals surface area (Å²) in [6, 6.07) is 9.87. The van der Waals surface area contributed by atoms with Gasteiger partial charge in [-0.05, 0) is 63.0 Å². The van der Waals surface area contributed by atoms with Gasteiger partial charge in [-0.2, -0.15) is 0 Å². The predicted octanol–water partition coefficient (Wildman–Crippen LogP) is 4.12. The van der Waals surface area contributed by atoms with E-state index < -0.39 is 23.5 Å². The normalized spacial score (nSPS) is 16.7. The molecule has 0 saturated carbocycles. The van der Waals surface area contributed by atoms with Crippen LogP contribution in [0.3, 0.4) is 0 Å². The second-order valence-electron chi connectivity index (χ2n) is 7.73. The lowest BCUT2D eigenvalue weighted by molar-refractivity contribution is -0.129. The Morgan fingerprint density at radius 1 is 1.29 bits per heavy atom. The molecule has 0 spiro atoms. The van der Waals surface area contributed by atoms with Crippen LogP contribution < -0.4 is 0 Å². The number of hydrogen-bond donors (Lipinski definition) is 1. The van der Waals surface area contributed by atoms with Crippen LogP contribution in [-0.4, -0.2) is 58.8 Å². The maximum atomic E-state index is 13.4. The number of halogens is 1. The molecule has 3 heterocycles. The van der Waals surface area contributed by atoms with Crippen LogP contribution in [0.15, 0.2) is 69.0 Å². The monoisotopic (exact) mass is 483 g/mol. The number of aliphatic hydroxyl groups is 1. The fraction of sp³-hybridized carbons (Fsp3) is 0.261. The van der Waals surface area contributed by atoms with Crippen molar-refractivity contribution in [3.05, 3.63) is 75.9 Å². The minimum absolute atomic E-state index is 0.0148. The maximum Gasteiger partial charge on any atom is 0.290 e. The van der Waals surface area contributed by atoms with Gasteiger partial charge in [0.2, 0.25) is 5.78 Å². The van der Waals surface area contributed by atoms with Gasteiger partial charge in [0, 0.05) is 28.8 Å². The number of furan rings is 1. The molecular weight excluding hydrogens is 462 g/mol. The number of ketones is 1. The molecule has 1 unspecified atom stereocenters. The maximum absolute atomic E-state index is 13.4. The van der Waals surface area contributed by atoms with Crippen LogP contribution in [0.4, 0.5) is 0 Å². The third-order valence-electron chi connectivity index (χ3n) is 5.25. The number of Topliss-reactive ketones (excluding diaryl/α,β-unsaturated/α-hetero) is 1. The molecule has 160 valence electrons. The van der Waals surface area contributed by atoms with Crippen LogP contribution in [0.25, 0.3) is 11.0 Å². The van der Waals surface area contributed by atoms with Crippen molar-refractivity contribution in [1.29, 1.82) is 0 Å². The average Bonchev–Trinajstić information content (AvgIpc) is 3.27. The standard InChI is InChI=1S/C23H22BrN3O4/c1-26(2)9-4-10-27-20(14-5-3-8-25-13-14)19(22(29)23(27)30)21(28)18-12-15-11-16(24)6-7-17(15)31-18/h3,5-8,11-13,20,29H,4,9-10H2,1-2H3. The number of pyridine rings is 1. The van der Waals surface area contributed by atoms with E-state index in [2.05, 4.69) is 20.9 Å². The van der Waals surface area contributed by atoms with Gasteiger partial charge in [0.25, 0.3) is 5.91 Å². The summed E-state index contributed by atoms with van der Waals surface area (Å²) >= 11 is 3.41. The van der Waals surface area contributed by atoms with Crippen molar-refractivity contribution in [3.8, 4) is 0 Å². The topological polar surface area (TPSA) is 86.9 Å². The molecule has 8 heteroatoms. The molecule has 0 saturated heterocycles. The zero-order valence-corrected chi connectivity index (χ0v) is 18.8. The highest BCUT2D eigenvalue weighted by molar-refractivity contribution is 9.10. The summed E-state index contributed by atoms with van der Waals surface area (Å²) in [5.74, 6) is -1.53. The Labute approximate surface area is 188 Å². The van der Waals surface area contributed by atoms with E-state index in [1.807, 2.05) is 31.1 Å². The van der Waals surface area contributed by atoms with Crippen LogP contribution in [0.1, 0.15) is 28.6 Å². The molecule has 7 nitrogen and oxygen atoms in total. The molecule has 1 aliphatic rings. The molecule has 3 aromatic rings. The van der Waals surface area contributed by atoms with Crippen LogP contribution in [-0.2, 0) is 4.79 Å². The summed E-state index contributed by atoms with van der Waals surface area (Å²) in [6.45, 7) is 1.16. The third-order valence-corrected chi connectivity index (χ3v) is 5.75. The number of nitrogens with zero attached hydrogens (tertiary/aromatic N) is 3. The van der Waals surface area contributed by atoms with Crippen LogP contribution in [0.2, 0.25) is 0 Å². The van der Waals surface area contributed by atoms with Crippen LogP contribution >= 0.6 is 15.9 Å². The highest BCUT2D eigenvalue weighted by Crippen LogP contribution is 2.39. The molecule has 0 aliphatic carbocycles. The van der Waals surface area contributed by atoms with Crippen molar-refractivity contribution in [3.63, 3.8) is 0 Å². The summed E-state index contributed by atoms with van der Waals surface area (Å²) in [4.78, 5) is 34.1. The second kappa shape index (κ2) is 8.64. The first-order valence-corrected chi connectivity index (χ1v) is 10.7. The van der Waals surface area contributed by atoms with E-state index >= 15 is 0 Å². The number of rotatable bonds is 7. The largest absolute Gasteiger partial charge is 0.503 e. The summed E-state index contributed by atoms with van der Waals surface area (Å²) in [6.07, 6.45) is 3.93. The fourth-order valence-electron chi connectivity index (χ4n) is 3.82. The predicted molar refractivity (Wildman–Crippen MR) is 120 cm³/mol. The van der Waals surface area contributed by atoms with E-state index in [4.69, 9.17) is 4.42 Å². The Kier molecular flexibility index (Phi) is 5.93. The van der Waals surface area contributed by atoms with E-state index in [0.29, 0.717) is 24.1 Å². The van der Waals surface area contributed by atoms with Gasteiger partial charge in [-0.3, -0.25) is 14.6 Å². The second-order valence-corrected chi connectivity index (χ2v) is 8.64. The summed E-state index contributed by atoms with van der Waals surface area (Å²) in [5, 5.41) is 11.5. The highest BCUT2D eigenvalue weighted by Gasteiger charge is 2.44. The number of amides is 1. The van der Waals surface area contributed by atoms with Gasteiger partial charge in [0.1, 0.15) is 5.58 Å². The van der Waals surface area contributed by atoms with Crippen molar-refractivity contribution in [2.24, 2.45) is 0 Å². The van der Waals surface area contributed by atoms with Crippen LogP contribution in [0.5, 0.6) is 0 Å².